The predicted octanol–water partition coefficient (Wildman–Crippen LogP) is 1.91. The first-order valence-corrected chi connectivity index (χ1v) is 5.76. The van der Waals surface area contributed by atoms with Crippen molar-refractivity contribution in [1.29, 1.82) is 0 Å². The Morgan fingerprint density at radius 3 is 2.53 bits per heavy atom. The van der Waals surface area contributed by atoms with Crippen LogP contribution in [-0.4, -0.2) is 29.8 Å². The lowest BCUT2D eigenvalue weighted by molar-refractivity contribution is -0.140. The molecule has 0 aromatic heterocycles. The number of benzene rings is 1. The number of para-hydroxylation sites is 1. The zero-order valence-corrected chi connectivity index (χ0v) is 10.2. The maximum atomic E-state index is 11.0. The van der Waals surface area contributed by atoms with Crippen molar-refractivity contribution in [2.75, 3.05) is 6.61 Å². The van der Waals surface area contributed by atoms with Crippen molar-refractivity contribution in [1.82, 2.24) is 5.32 Å². The summed E-state index contributed by atoms with van der Waals surface area (Å²) in [5.74, 6) is -0.0726. The van der Waals surface area contributed by atoms with Crippen LogP contribution in [0.25, 0.3) is 0 Å². The van der Waals surface area contributed by atoms with Crippen molar-refractivity contribution in [3.05, 3.63) is 30.3 Å². The van der Waals surface area contributed by atoms with E-state index in [2.05, 4.69) is 5.32 Å². The number of carbonyl (C=O) groups is 1. The highest BCUT2D eigenvalue weighted by Gasteiger charge is 2.17. The van der Waals surface area contributed by atoms with E-state index < -0.39 is 12.0 Å². The summed E-state index contributed by atoms with van der Waals surface area (Å²) < 4.78 is 5.46. The normalized spacial score (nSPS) is 12.4. The molecule has 0 heterocycles. The molecule has 1 rings (SSSR count). The zero-order valence-electron chi connectivity index (χ0n) is 10.2. The smallest absolute Gasteiger partial charge is 0.320 e. The Hall–Kier alpha value is -1.55. The van der Waals surface area contributed by atoms with Crippen LogP contribution in [0.4, 0.5) is 0 Å². The SMILES string of the molecule is CC(C)NC(CCOc1ccccc1)C(=O)O. The van der Waals surface area contributed by atoms with Crippen LogP contribution in [0.3, 0.4) is 0 Å². The average molecular weight is 237 g/mol. The number of carboxylic acids is 1. The van der Waals surface area contributed by atoms with Crippen LogP contribution in [0.5, 0.6) is 5.75 Å². The molecule has 1 atom stereocenters. The van der Waals surface area contributed by atoms with Gasteiger partial charge in [0.25, 0.3) is 0 Å². The van der Waals surface area contributed by atoms with Gasteiger partial charge in [-0.1, -0.05) is 32.0 Å². The van der Waals surface area contributed by atoms with E-state index in [1.807, 2.05) is 44.2 Å². The fourth-order valence-corrected chi connectivity index (χ4v) is 1.49. The molecule has 4 heteroatoms. The van der Waals surface area contributed by atoms with Crippen LogP contribution >= 0.6 is 0 Å². The van der Waals surface area contributed by atoms with E-state index in [1.165, 1.54) is 0 Å². The predicted molar refractivity (Wildman–Crippen MR) is 66.2 cm³/mol. The molecule has 0 spiro atoms. The first-order chi connectivity index (χ1) is 8.09. The monoisotopic (exact) mass is 237 g/mol. The van der Waals surface area contributed by atoms with Crippen LogP contribution in [0.1, 0.15) is 20.3 Å². The molecule has 0 fully saturated rings. The van der Waals surface area contributed by atoms with Crippen LogP contribution in [-0.2, 0) is 4.79 Å². The molecule has 1 aromatic carbocycles. The highest BCUT2D eigenvalue weighted by molar-refractivity contribution is 5.73. The summed E-state index contributed by atoms with van der Waals surface area (Å²) in [5.41, 5.74) is 0. The van der Waals surface area contributed by atoms with Gasteiger partial charge in [-0.15, -0.1) is 0 Å². The summed E-state index contributed by atoms with van der Waals surface area (Å²) in [4.78, 5) is 11.0. The van der Waals surface area contributed by atoms with Crippen LogP contribution in [0.2, 0.25) is 0 Å². The van der Waals surface area contributed by atoms with E-state index in [0.717, 1.165) is 5.75 Å². The van der Waals surface area contributed by atoms with E-state index in [-0.39, 0.29) is 6.04 Å². The Balaban J connectivity index is 2.35. The van der Waals surface area contributed by atoms with Gasteiger partial charge < -0.3 is 15.2 Å². The highest BCUT2D eigenvalue weighted by Crippen LogP contribution is 2.09. The van der Waals surface area contributed by atoms with Crippen molar-refractivity contribution >= 4 is 5.97 Å². The van der Waals surface area contributed by atoms with Crippen LogP contribution in [0.15, 0.2) is 30.3 Å². The average Bonchev–Trinajstić information content (AvgIpc) is 2.28. The Morgan fingerprint density at radius 2 is 2.00 bits per heavy atom. The Labute approximate surface area is 102 Å². The van der Waals surface area contributed by atoms with Gasteiger partial charge in [-0.25, -0.2) is 0 Å². The van der Waals surface area contributed by atoms with E-state index in [9.17, 15) is 4.79 Å². The van der Waals surface area contributed by atoms with Gasteiger partial charge in [0.05, 0.1) is 6.61 Å². The molecule has 0 bridgehead atoms. The fourth-order valence-electron chi connectivity index (χ4n) is 1.49. The van der Waals surface area contributed by atoms with Crippen molar-refractivity contribution in [2.45, 2.75) is 32.4 Å². The Kier molecular flexibility index (Phi) is 5.49. The number of ether oxygens (including phenoxy) is 1. The third-order valence-electron chi connectivity index (χ3n) is 2.25. The number of nitrogens with one attached hydrogen (secondary N) is 1. The lowest BCUT2D eigenvalue weighted by Gasteiger charge is -2.17. The van der Waals surface area contributed by atoms with Gasteiger partial charge in [-0.2, -0.15) is 0 Å². The minimum atomic E-state index is -0.838. The maximum absolute atomic E-state index is 11.0. The summed E-state index contributed by atoms with van der Waals surface area (Å²) in [5, 5.41) is 12.0. The van der Waals surface area contributed by atoms with Gasteiger partial charge in [0.1, 0.15) is 11.8 Å². The molecule has 17 heavy (non-hydrogen) atoms. The summed E-state index contributed by atoms with van der Waals surface area (Å²) in [7, 11) is 0. The third-order valence-corrected chi connectivity index (χ3v) is 2.25. The van der Waals surface area contributed by atoms with Crippen LogP contribution < -0.4 is 10.1 Å². The largest absolute Gasteiger partial charge is 0.494 e. The lowest BCUT2D eigenvalue weighted by Crippen LogP contribution is -2.41. The second-order valence-corrected chi connectivity index (χ2v) is 4.16. The van der Waals surface area contributed by atoms with Gasteiger partial charge in [-0.3, -0.25) is 4.79 Å². The number of carboxylic acid groups (broad SMARTS) is 1. The van der Waals surface area contributed by atoms with Gasteiger partial charge in [0, 0.05) is 12.5 Å². The van der Waals surface area contributed by atoms with Gasteiger partial charge in [0.15, 0.2) is 0 Å². The standard InChI is InChI=1S/C13H19NO3/c1-10(2)14-12(13(15)16)8-9-17-11-6-4-3-5-7-11/h3-7,10,12,14H,8-9H2,1-2H3,(H,15,16). The first-order valence-electron chi connectivity index (χ1n) is 5.76. The Morgan fingerprint density at radius 1 is 1.35 bits per heavy atom. The summed E-state index contributed by atoms with van der Waals surface area (Å²) in [6.45, 7) is 4.24. The maximum Gasteiger partial charge on any atom is 0.320 e. The molecule has 0 aliphatic carbocycles. The van der Waals surface area contributed by atoms with E-state index in [0.29, 0.717) is 13.0 Å². The van der Waals surface area contributed by atoms with Crippen molar-refractivity contribution in [2.24, 2.45) is 0 Å². The molecule has 0 aliphatic heterocycles. The van der Waals surface area contributed by atoms with Crippen molar-refractivity contribution in [3.8, 4) is 5.75 Å². The molecule has 1 aromatic rings. The second kappa shape index (κ2) is 6.91. The quantitative estimate of drug-likeness (QED) is 0.760. The minimum Gasteiger partial charge on any atom is -0.494 e. The van der Waals surface area contributed by atoms with Crippen molar-refractivity contribution < 1.29 is 14.6 Å². The minimum absolute atomic E-state index is 0.146. The second-order valence-electron chi connectivity index (χ2n) is 4.16. The molecular weight excluding hydrogens is 218 g/mol. The summed E-state index contributed by atoms with van der Waals surface area (Å²) >= 11 is 0. The lowest BCUT2D eigenvalue weighted by atomic mass is 10.2. The first kappa shape index (κ1) is 13.5. The van der Waals surface area contributed by atoms with Crippen molar-refractivity contribution in [3.63, 3.8) is 0 Å². The molecular formula is C13H19NO3. The molecule has 0 radical (unpaired) electrons. The Bertz CT molecular complexity index is 338. The van der Waals surface area contributed by atoms with Gasteiger partial charge in [-0.05, 0) is 12.1 Å². The molecule has 0 amide bonds. The van der Waals surface area contributed by atoms with Crippen LogP contribution in [0, 0.1) is 0 Å². The molecule has 2 N–H and O–H groups in total. The fraction of sp³-hybridized carbons (Fsp3) is 0.462. The molecule has 94 valence electrons. The molecule has 0 saturated heterocycles. The number of aliphatic carboxylic acids is 1. The van der Waals surface area contributed by atoms with Gasteiger partial charge >= 0.3 is 5.97 Å². The van der Waals surface area contributed by atoms with E-state index >= 15 is 0 Å². The topological polar surface area (TPSA) is 58.6 Å². The number of hydrogen-bond acceptors (Lipinski definition) is 3. The van der Waals surface area contributed by atoms with Gasteiger partial charge in [0.2, 0.25) is 0 Å². The van der Waals surface area contributed by atoms with E-state index in [4.69, 9.17) is 9.84 Å². The number of hydrogen-bond donors (Lipinski definition) is 2. The molecule has 0 aliphatic rings. The third kappa shape index (κ3) is 5.36. The molecule has 4 nitrogen and oxygen atoms in total. The molecule has 1 unspecified atom stereocenters. The summed E-state index contributed by atoms with van der Waals surface area (Å²) in [6.07, 6.45) is 0.447. The number of rotatable bonds is 7. The molecule has 0 saturated carbocycles. The summed E-state index contributed by atoms with van der Waals surface area (Å²) in [6, 6.07) is 8.98. The van der Waals surface area contributed by atoms with E-state index in [1.54, 1.807) is 0 Å². The highest BCUT2D eigenvalue weighted by atomic mass is 16.5. The zero-order chi connectivity index (χ0) is 12.7.